The molecule has 1 radical (unpaired) electrons. The first-order chi connectivity index (χ1) is 5.29. The van der Waals surface area contributed by atoms with Gasteiger partial charge >= 0.3 is 6.03 Å². The summed E-state index contributed by atoms with van der Waals surface area (Å²) < 4.78 is 0. The van der Waals surface area contributed by atoms with Crippen LogP contribution in [0.5, 0.6) is 0 Å². The lowest BCUT2D eigenvalue weighted by Gasteiger charge is -2.19. The molecule has 63 valence electrons. The summed E-state index contributed by atoms with van der Waals surface area (Å²) in [5.74, 6) is 0.622. The van der Waals surface area contributed by atoms with Gasteiger partial charge in [0.05, 0.1) is 0 Å². The molecule has 2 N–H and O–H groups in total. The summed E-state index contributed by atoms with van der Waals surface area (Å²) in [4.78, 5) is 10.3. The summed E-state index contributed by atoms with van der Waals surface area (Å²) in [5.41, 5.74) is 4.90. The SMILES string of the molecule is NC(=O)[N]CC1CCCCC1. The molecule has 0 heterocycles. The number of primary amides is 1. The fourth-order valence-electron chi connectivity index (χ4n) is 1.59. The van der Waals surface area contributed by atoms with Crippen molar-refractivity contribution in [3.63, 3.8) is 0 Å². The largest absolute Gasteiger partial charge is 0.350 e. The second-order valence-corrected chi connectivity index (χ2v) is 3.18. The van der Waals surface area contributed by atoms with E-state index in [9.17, 15) is 4.79 Å². The lowest BCUT2D eigenvalue weighted by Crippen LogP contribution is -2.28. The van der Waals surface area contributed by atoms with Crippen molar-refractivity contribution in [1.82, 2.24) is 5.32 Å². The van der Waals surface area contributed by atoms with Crippen LogP contribution in [-0.2, 0) is 0 Å². The number of carbonyl (C=O) groups excluding carboxylic acids is 1. The molecular weight excluding hydrogens is 140 g/mol. The third-order valence-electron chi connectivity index (χ3n) is 2.23. The van der Waals surface area contributed by atoms with Crippen molar-refractivity contribution in [2.75, 3.05) is 6.54 Å². The van der Waals surface area contributed by atoms with E-state index in [0.717, 1.165) is 0 Å². The maximum atomic E-state index is 10.3. The van der Waals surface area contributed by atoms with E-state index in [4.69, 9.17) is 5.73 Å². The topological polar surface area (TPSA) is 57.2 Å². The molecule has 0 aromatic carbocycles. The van der Waals surface area contributed by atoms with Crippen LogP contribution < -0.4 is 11.1 Å². The summed E-state index contributed by atoms with van der Waals surface area (Å²) in [6.07, 6.45) is 6.36. The van der Waals surface area contributed by atoms with Crippen molar-refractivity contribution in [3.05, 3.63) is 0 Å². The average molecular weight is 155 g/mol. The van der Waals surface area contributed by atoms with Gasteiger partial charge in [-0.2, -0.15) is 0 Å². The van der Waals surface area contributed by atoms with Gasteiger partial charge in [0, 0.05) is 6.54 Å². The van der Waals surface area contributed by atoms with Crippen LogP contribution in [-0.4, -0.2) is 12.6 Å². The van der Waals surface area contributed by atoms with Crippen molar-refractivity contribution in [3.8, 4) is 0 Å². The predicted molar refractivity (Wildman–Crippen MR) is 43.2 cm³/mol. The molecule has 0 aromatic heterocycles. The lowest BCUT2D eigenvalue weighted by molar-refractivity contribution is 0.243. The molecule has 0 spiro atoms. The van der Waals surface area contributed by atoms with Crippen LogP contribution in [0.4, 0.5) is 4.79 Å². The van der Waals surface area contributed by atoms with Crippen molar-refractivity contribution >= 4 is 6.03 Å². The second kappa shape index (κ2) is 4.21. The number of nitrogens with two attached hydrogens (primary N) is 1. The van der Waals surface area contributed by atoms with Gasteiger partial charge < -0.3 is 5.73 Å². The van der Waals surface area contributed by atoms with Gasteiger partial charge in [0.15, 0.2) is 0 Å². The number of carbonyl (C=O) groups is 1. The summed E-state index contributed by atoms with van der Waals surface area (Å²) in [5, 5.41) is 3.69. The van der Waals surface area contributed by atoms with Crippen LogP contribution in [0.3, 0.4) is 0 Å². The van der Waals surface area contributed by atoms with Crippen molar-refractivity contribution < 1.29 is 4.79 Å². The van der Waals surface area contributed by atoms with E-state index in [2.05, 4.69) is 5.32 Å². The van der Waals surface area contributed by atoms with Crippen LogP contribution in [0.2, 0.25) is 0 Å². The number of hydrogen-bond acceptors (Lipinski definition) is 1. The van der Waals surface area contributed by atoms with Crippen LogP contribution >= 0.6 is 0 Å². The highest BCUT2D eigenvalue weighted by Gasteiger charge is 2.13. The van der Waals surface area contributed by atoms with E-state index in [1.807, 2.05) is 0 Å². The maximum Gasteiger partial charge on any atom is 0.333 e. The molecular formula is C8H15N2O. The molecule has 3 nitrogen and oxygen atoms in total. The summed E-state index contributed by atoms with van der Waals surface area (Å²) >= 11 is 0. The molecule has 0 aromatic rings. The van der Waals surface area contributed by atoms with Gasteiger partial charge in [-0.1, -0.05) is 19.3 Å². The monoisotopic (exact) mass is 155 g/mol. The fraction of sp³-hybridized carbons (Fsp3) is 0.875. The van der Waals surface area contributed by atoms with E-state index >= 15 is 0 Å². The van der Waals surface area contributed by atoms with E-state index in [1.165, 1.54) is 32.1 Å². The number of amides is 2. The van der Waals surface area contributed by atoms with Gasteiger partial charge in [0.2, 0.25) is 0 Å². The molecule has 0 saturated heterocycles. The Morgan fingerprint density at radius 1 is 1.36 bits per heavy atom. The van der Waals surface area contributed by atoms with Gasteiger partial charge in [-0.15, -0.1) is 0 Å². The molecule has 1 saturated carbocycles. The van der Waals surface area contributed by atoms with Gasteiger partial charge in [0.1, 0.15) is 0 Å². The Labute approximate surface area is 67.3 Å². The number of rotatable bonds is 2. The highest BCUT2D eigenvalue weighted by Crippen LogP contribution is 2.22. The molecule has 3 heteroatoms. The zero-order valence-electron chi connectivity index (χ0n) is 6.75. The molecule has 11 heavy (non-hydrogen) atoms. The second-order valence-electron chi connectivity index (χ2n) is 3.18. The van der Waals surface area contributed by atoms with Crippen LogP contribution in [0.1, 0.15) is 32.1 Å². The lowest BCUT2D eigenvalue weighted by atomic mass is 9.89. The molecule has 0 unspecified atom stereocenters. The molecule has 2 amide bonds. The molecule has 1 fully saturated rings. The van der Waals surface area contributed by atoms with Crippen molar-refractivity contribution in [2.45, 2.75) is 32.1 Å². The Balaban J connectivity index is 2.09. The average Bonchev–Trinajstić information content (AvgIpc) is 2.03. The van der Waals surface area contributed by atoms with E-state index in [0.29, 0.717) is 12.5 Å². The predicted octanol–water partition coefficient (Wildman–Crippen LogP) is 1.25. The normalized spacial score (nSPS) is 19.6. The smallest absolute Gasteiger partial charge is 0.333 e. The first-order valence-corrected chi connectivity index (χ1v) is 4.26. The standard InChI is InChI=1S/C8H15N2O/c9-8(11)10-6-7-4-2-1-3-5-7/h7H,1-6H2,(H2,9,11). The zero-order valence-corrected chi connectivity index (χ0v) is 6.75. The maximum absolute atomic E-state index is 10.3. The minimum Gasteiger partial charge on any atom is -0.350 e. The quantitative estimate of drug-likeness (QED) is 0.641. The zero-order chi connectivity index (χ0) is 8.10. The Hall–Kier alpha value is -0.730. The first-order valence-electron chi connectivity index (χ1n) is 4.26. The van der Waals surface area contributed by atoms with Gasteiger partial charge in [-0.3, -0.25) is 0 Å². The Morgan fingerprint density at radius 2 is 2.00 bits per heavy atom. The minimum atomic E-state index is -0.518. The third kappa shape index (κ3) is 3.25. The van der Waals surface area contributed by atoms with Gasteiger partial charge in [-0.25, -0.2) is 10.1 Å². The van der Waals surface area contributed by atoms with Gasteiger partial charge in [0.25, 0.3) is 0 Å². The molecule has 1 aliphatic rings. The van der Waals surface area contributed by atoms with E-state index < -0.39 is 6.03 Å². The fourth-order valence-corrected chi connectivity index (χ4v) is 1.59. The van der Waals surface area contributed by atoms with Crippen LogP contribution in [0.15, 0.2) is 0 Å². The number of urea groups is 1. The first kappa shape index (κ1) is 8.37. The highest BCUT2D eigenvalue weighted by atomic mass is 16.2. The molecule has 0 aliphatic heterocycles. The highest BCUT2D eigenvalue weighted by molar-refractivity contribution is 5.71. The Kier molecular flexibility index (Phi) is 3.20. The van der Waals surface area contributed by atoms with E-state index in [1.54, 1.807) is 0 Å². The number of nitrogens with zero attached hydrogens (tertiary/aromatic N) is 1. The van der Waals surface area contributed by atoms with Crippen LogP contribution in [0.25, 0.3) is 0 Å². The molecule has 0 atom stereocenters. The molecule has 1 rings (SSSR count). The minimum absolute atomic E-state index is 0.518. The Morgan fingerprint density at radius 3 is 2.55 bits per heavy atom. The van der Waals surface area contributed by atoms with Crippen molar-refractivity contribution in [1.29, 1.82) is 0 Å². The summed E-state index contributed by atoms with van der Waals surface area (Å²) in [7, 11) is 0. The summed E-state index contributed by atoms with van der Waals surface area (Å²) in [6.45, 7) is 0.648. The molecule has 0 bridgehead atoms. The van der Waals surface area contributed by atoms with Crippen LogP contribution in [0, 0.1) is 5.92 Å². The van der Waals surface area contributed by atoms with Gasteiger partial charge in [-0.05, 0) is 18.8 Å². The number of hydrogen-bond donors (Lipinski definition) is 1. The summed E-state index contributed by atoms with van der Waals surface area (Å²) in [6, 6.07) is -0.518. The third-order valence-corrected chi connectivity index (χ3v) is 2.23. The van der Waals surface area contributed by atoms with E-state index in [-0.39, 0.29) is 0 Å². The van der Waals surface area contributed by atoms with Crippen molar-refractivity contribution in [2.24, 2.45) is 11.7 Å². The molecule has 1 aliphatic carbocycles. The Bertz CT molecular complexity index is 130.